The fourth-order valence-corrected chi connectivity index (χ4v) is 2.38. The molecule has 0 radical (unpaired) electrons. The van der Waals surface area contributed by atoms with Crippen LogP contribution >= 0.6 is 0 Å². The van der Waals surface area contributed by atoms with Gasteiger partial charge >= 0.3 is 0 Å². The summed E-state index contributed by atoms with van der Waals surface area (Å²) in [5.41, 5.74) is 9.36. The van der Waals surface area contributed by atoms with Crippen LogP contribution in [0, 0.1) is 13.8 Å². The summed E-state index contributed by atoms with van der Waals surface area (Å²) in [6.45, 7) is 11.4. The van der Waals surface area contributed by atoms with Gasteiger partial charge in [0, 0.05) is 23.8 Å². The van der Waals surface area contributed by atoms with Gasteiger partial charge in [-0.15, -0.1) is 0 Å². The molecule has 1 aromatic rings. The summed E-state index contributed by atoms with van der Waals surface area (Å²) in [6.07, 6.45) is 1.04. The van der Waals surface area contributed by atoms with Gasteiger partial charge in [-0.1, -0.05) is 0 Å². The number of aryl methyl sites for hydroxylation is 2. The molecule has 0 aromatic carbocycles. The van der Waals surface area contributed by atoms with E-state index in [4.69, 9.17) is 5.73 Å². The Morgan fingerprint density at radius 2 is 2.06 bits per heavy atom. The van der Waals surface area contributed by atoms with Crippen molar-refractivity contribution in [2.75, 3.05) is 20.1 Å². The van der Waals surface area contributed by atoms with Crippen LogP contribution in [-0.2, 0) is 6.54 Å². The highest BCUT2D eigenvalue weighted by molar-refractivity contribution is 5.27. The van der Waals surface area contributed by atoms with Gasteiger partial charge in [0.05, 0.1) is 5.69 Å². The summed E-state index contributed by atoms with van der Waals surface area (Å²) >= 11 is 0. The molecule has 0 saturated heterocycles. The average molecular weight is 238 g/mol. The fraction of sp³-hybridized carbons (Fsp3) is 0.769. The minimum atomic E-state index is 0.404. The lowest BCUT2D eigenvalue weighted by atomic mass is 10.1. The van der Waals surface area contributed by atoms with Crippen LogP contribution in [0.4, 0.5) is 0 Å². The molecule has 4 heteroatoms. The van der Waals surface area contributed by atoms with Gasteiger partial charge in [-0.2, -0.15) is 5.10 Å². The SMILES string of the molecule is CCn1nc(C)c(C(C)N(C)CCCN)c1C. The van der Waals surface area contributed by atoms with Gasteiger partial charge in [0.25, 0.3) is 0 Å². The molecule has 0 spiro atoms. The highest BCUT2D eigenvalue weighted by Crippen LogP contribution is 2.25. The van der Waals surface area contributed by atoms with Crippen molar-refractivity contribution in [3.8, 4) is 0 Å². The molecule has 4 nitrogen and oxygen atoms in total. The zero-order valence-electron chi connectivity index (χ0n) is 11.8. The maximum Gasteiger partial charge on any atom is 0.0644 e. The fourth-order valence-electron chi connectivity index (χ4n) is 2.38. The van der Waals surface area contributed by atoms with Gasteiger partial charge in [-0.25, -0.2) is 0 Å². The smallest absolute Gasteiger partial charge is 0.0644 e. The quantitative estimate of drug-likeness (QED) is 0.823. The van der Waals surface area contributed by atoms with E-state index in [2.05, 4.69) is 49.4 Å². The van der Waals surface area contributed by atoms with Gasteiger partial charge in [0.15, 0.2) is 0 Å². The Balaban J connectivity index is 2.87. The standard InChI is InChI=1S/C13H26N4/c1-6-17-12(4)13(10(2)15-17)11(3)16(5)9-7-8-14/h11H,6-9,14H2,1-5H3. The van der Waals surface area contributed by atoms with Crippen LogP contribution in [-0.4, -0.2) is 34.8 Å². The van der Waals surface area contributed by atoms with Crippen molar-refractivity contribution in [1.82, 2.24) is 14.7 Å². The molecule has 1 aromatic heterocycles. The molecule has 2 N–H and O–H groups in total. The third-order valence-corrected chi connectivity index (χ3v) is 3.53. The Morgan fingerprint density at radius 3 is 2.53 bits per heavy atom. The van der Waals surface area contributed by atoms with Crippen molar-refractivity contribution in [3.63, 3.8) is 0 Å². The lowest BCUT2D eigenvalue weighted by molar-refractivity contribution is 0.258. The number of nitrogens with two attached hydrogens (primary N) is 1. The molecule has 0 saturated carbocycles. The number of nitrogens with zero attached hydrogens (tertiary/aromatic N) is 3. The first-order valence-electron chi connectivity index (χ1n) is 6.47. The van der Waals surface area contributed by atoms with E-state index in [1.54, 1.807) is 0 Å². The van der Waals surface area contributed by atoms with Gasteiger partial charge < -0.3 is 5.73 Å². The van der Waals surface area contributed by atoms with Crippen molar-refractivity contribution in [3.05, 3.63) is 17.0 Å². The first-order chi connectivity index (χ1) is 8.02. The summed E-state index contributed by atoms with van der Waals surface area (Å²) in [5, 5.41) is 4.58. The molecule has 1 atom stereocenters. The maximum atomic E-state index is 5.56. The van der Waals surface area contributed by atoms with E-state index in [1.807, 2.05) is 0 Å². The topological polar surface area (TPSA) is 47.1 Å². The summed E-state index contributed by atoms with van der Waals surface area (Å²) in [7, 11) is 2.16. The molecule has 17 heavy (non-hydrogen) atoms. The minimum absolute atomic E-state index is 0.404. The van der Waals surface area contributed by atoms with Crippen LogP contribution in [0.1, 0.15) is 43.3 Å². The summed E-state index contributed by atoms with van der Waals surface area (Å²) in [5.74, 6) is 0. The molecule has 0 aliphatic carbocycles. The zero-order chi connectivity index (χ0) is 13.0. The van der Waals surface area contributed by atoms with E-state index in [0.29, 0.717) is 6.04 Å². The highest BCUT2D eigenvalue weighted by Gasteiger charge is 2.19. The monoisotopic (exact) mass is 238 g/mol. The Hall–Kier alpha value is -0.870. The number of aromatic nitrogens is 2. The Labute approximate surface area is 105 Å². The van der Waals surface area contributed by atoms with E-state index in [1.165, 1.54) is 11.3 Å². The first-order valence-corrected chi connectivity index (χ1v) is 6.47. The molecular weight excluding hydrogens is 212 g/mol. The molecule has 0 aliphatic rings. The molecule has 98 valence electrons. The van der Waals surface area contributed by atoms with Gasteiger partial charge in [-0.05, 0) is 54.3 Å². The van der Waals surface area contributed by atoms with Crippen molar-refractivity contribution < 1.29 is 0 Å². The molecule has 1 unspecified atom stereocenters. The van der Waals surface area contributed by atoms with E-state index >= 15 is 0 Å². The summed E-state index contributed by atoms with van der Waals surface area (Å²) < 4.78 is 2.08. The summed E-state index contributed by atoms with van der Waals surface area (Å²) in [6, 6.07) is 0.404. The lowest BCUT2D eigenvalue weighted by Crippen LogP contribution is -2.26. The second-order valence-corrected chi connectivity index (χ2v) is 4.70. The van der Waals surface area contributed by atoms with Crippen molar-refractivity contribution >= 4 is 0 Å². The Morgan fingerprint density at radius 1 is 1.41 bits per heavy atom. The van der Waals surface area contributed by atoms with Crippen LogP contribution < -0.4 is 5.73 Å². The lowest BCUT2D eigenvalue weighted by Gasteiger charge is -2.25. The summed E-state index contributed by atoms with van der Waals surface area (Å²) in [4.78, 5) is 2.35. The van der Waals surface area contributed by atoms with Crippen LogP contribution in [0.25, 0.3) is 0 Å². The van der Waals surface area contributed by atoms with E-state index in [9.17, 15) is 0 Å². The van der Waals surface area contributed by atoms with Crippen LogP contribution in [0.3, 0.4) is 0 Å². The van der Waals surface area contributed by atoms with Crippen molar-refractivity contribution in [2.24, 2.45) is 5.73 Å². The third-order valence-electron chi connectivity index (χ3n) is 3.53. The molecule has 0 aliphatic heterocycles. The van der Waals surface area contributed by atoms with Crippen molar-refractivity contribution in [2.45, 2.75) is 46.7 Å². The van der Waals surface area contributed by atoms with E-state index < -0.39 is 0 Å². The number of hydrogen-bond donors (Lipinski definition) is 1. The normalized spacial score (nSPS) is 13.4. The second-order valence-electron chi connectivity index (χ2n) is 4.70. The van der Waals surface area contributed by atoms with E-state index in [0.717, 1.165) is 31.7 Å². The maximum absolute atomic E-state index is 5.56. The molecule has 0 amide bonds. The van der Waals surface area contributed by atoms with Gasteiger partial charge in [-0.3, -0.25) is 9.58 Å². The number of hydrogen-bond acceptors (Lipinski definition) is 3. The van der Waals surface area contributed by atoms with Crippen molar-refractivity contribution in [1.29, 1.82) is 0 Å². The first kappa shape index (κ1) is 14.2. The largest absolute Gasteiger partial charge is 0.330 e. The molecule has 0 fully saturated rings. The Kier molecular flexibility index (Phi) is 5.15. The molecule has 1 rings (SSSR count). The van der Waals surface area contributed by atoms with Crippen LogP contribution in [0.15, 0.2) is 0 Å². The van der Waals surface area contributed by atoms with Crippen LogP contribution in [0.2, 0.25) is 0 Å². The Bertz CT molecular complexity index is 357. The predicted octanol–water partition coefficient (Wildman–Crippen LogP) is 1.86. The van der Waals surface area contributed by atoms with E-state index in [-0.39, 0.29) is 0 Å². The third kappa shape index (κ3) is 3.07. The molecule has 1 heterocycles. The van der Waals surface area contributed by atoms with Crippen LogP contribution in [0.5, 0.6) is 0 Å². The predicted molar refractivity (Wildman–Crippen MR) is 72.1 cm³/mol. The molecule has 0 bridgehead atoms. The minimum Gasteiger partial charge on any atom is -0.330 e. The highest BCUT2D eigenvalue weighted by atomic mass is 15.3. The average Bonchev–Trinajstić information content (AvgIpc) is 2.60. The zero-order valence-corrected chi connectivity index (χ0v) is 11.8. The van der Waals surface area contributed by atoms with Gasteiger partial charge in [0.1, 0.15) is 0 Å². The van der Waals surface area contributed by atoms with Gasteiger partial charge in [0.2, 0.25) is 0 Å². The number of rotatable bonds is 6. The molecular formula is C13H26N4. The second kappa shape index (κ2) is 6.17.